The van der Waals surface area contributed by atoms with Crippen LogP contribution in [0.15, 0.2) is 17.6 Å². The zero-order valence-corrected chi connectivity index (χ0v) is 11.2. The van der Waals surface area contributed by atoms with Crippen molar-refractivity contribution in [2.45, 2.75) is 18.9 Å². The first-order valence-corrected chi connectivity index (χ1v) is 6.95. The molecular formula is C12H11N3O4S. The number of aliphatic carboxylic acids is 1. The first kappa shape index (κ1) is 12.8. The summed E-state index contributed by atoms with van der Waals surface area (Å²) < 4.78 is 0.728. The molecule has 0 amide bonds. The molecule has 0 atom stereocenters. The van der Waals surface area contributed by atoms with Crippen LogP contribution in [-0.4, -0.2) is 33.6 Å². The Bertz CT molecular complexity index is 695. The van der Waals surface area contributed by atoms with Gasteiger partial charge in [-0.25, -0.2) is 4.98 Å². The Hall–Kier alpha value is -2.22. The van der Waals surface area contributed by atoms with Crippen molar-refractivity contribution in [2.75, 3.05) is 11.4 Å². The van der Waals surface area contributed by atoms with Gasteiger partial charge in [-0.2, -0.15) is 0 Å². The molecule has 1 aliphatic rings. The van der Waals surface area contributed by atoms with Crippen molar-refractivity contribution < 1.29 is 14.8 Å². The highest BCUT2D eigenvalue weighted by molar-refractivity contribution is 7.16. The smallest absolute Gasteiger partial charge is 0.323 e. The van der Waals surface area contributed by atoms with Crippen molar-refractivity contribution in [3.8, 4) is 0 Å². The predicted molar refractivity (Wildman–Crippen MR) is 74.3 cm³/mol. The van der Waals surface area contributed by atoms with Crippen LogP contribution in [0.2, 0.25) is 0 Å². The summed E-state index contributed by atoms with van der Waals surface area (Å²) in [4.78, 5) is 27.5. The number of anilines is 1. The van der Waals surface area contributed by atoms with Gasteiger partial charge in [0.15, 0.2) is 5.52 Å². The fourth-order valence-corrected chi connectivity index (χ4v) is 2.94. The first-order chi connectivity index (χ1) is 9.58. The standard InChI is InChI=1S/C12H11N3O4S/c16-10(17)5-14(7-1-2-7)8-3-4-9-11(13-6-20-9)12(8)15(18)19/h3-4,6-7H,1-2,5H2,(H,16,17). The zero-order chi connectivity index (χ0) is 14.3. The van der Waals surface area contributed by atoms with Gasteiger partial charge in [-0.15, -0.1) is 11.3 Å². The number of aromatic nitrogens is 1. The van der Waals surface area contributed by atoms with Gasteiger partial charge >= 0.3 is 11.7 Å². The molecule has 20 heavy (non-hydrogen) atoms. The van der Waals surface area contributed by atoms with Crippen LogP contribution < -0.4 is 4.90 Å². The van der Waals surface area contributed by atoms with Crippen LogP contribution in [0.3, 0.4) is 0 Å². The highest BCUT2D eigenvalue weighted by atomic mass is 32.1. The molecule has 104 valence electrons. The summed E-state index contributed by atoms with van der Waals surface area (Å²) in [5.74, 6) is -0.996. The molecule has 0 spiro atoms. The summed E-state index contributed by atoms with van der Waals surface area (Å²) in [5, 5.41) is 20.4. The molecule has 3 rings (SSSR count). The Morgan fingerprint density at radius 1 is 1.55 bits per heavy atom. The maximum absolute atomic E-state index is 11.4. The maximum atomic E-state index is 11.4. The van der Waals surface area contributed by atoms with Gasteiger partial charge in [-0.1, -0.05) is 0 Å². The normalized spacial score (nSPS) is 14.4. The average Bonchev–Trinajstić information content (AvgIpc) is 3.11. The molecule has 1 aliphatic carbocycles. The summed E-state index contributed by atoms with van der Waals surface area (Å²) in [6, 6.07) is 3.45. The number of thiazole rings is 1. The van der Waals surface area contributed by atoms with E-state index >= 15 is 0 Å². The Morgan fingerprint density at radius 3 is 2.90 bits per heavy atom. The van der Waals surface area contributed by atoms with Crippen LogP contribution >= 0.6 is 11.3 Å². The van der Waals surface area contributed by atoms with Crippen molar-refractivity contribution in [3.63, 3.8) is 0 Å². The number of carbonyl (C=O) groups is 1. The minimum Gasteiger partial charge on any atom is -0.480 e. The van der Waals surface area contributed by atoms with Crippen molar-refractivity contribution in [2.24, 2.45) is 0 Å². The molecule has 2 aromatic rings. The van der Waals surface area contributed by atoms with Crippen molar-refractivity contribution >= 4 is 38.9 Å². The monoisotopic (exact) mass is 293 g/mol. The van der Waals surface area contributed by atoms with Gasteiger partial charge in [0.2, 0.25) is 0 Å². The van der Waals surface area contributed by atoms with Crippen LogP contribution in [0.5, 0.6) is 0 Å². The number of hydrogen-bond acceptors (Lipinski definition) is 6. The fraction of sp³-hybridized carbons (Fsp3) is 0.333. The number of carboxylic acids is 1. The number of nitrogens with zero attached hydrogens (tertiary/aromatic N) is 3. The maximum Gasteiger partial charge on any atom is 0.323 e. The van der Waals surface area contributed by atoms with Gasteiger partial charge in [0.25, 0.3) is 0 Å². The zero-order valence-electron chi connectivity index (χ0n) is 10.4. The lowest BCUT2D eigenvalue weighted by Gasteiger charge is -2.22. The van der Waals surface area contributed by atoms with Crippen LogP contribution in [0.1, 0.15) is 12.8 Å². The second-order valence-electron chi connectivity index (χ2n) is 4.64. The number of hydrogen-bond donors (Lipinski definition) is 1. The van der Waals surface area contributed by atoms with E-state index in [4.69, 9.17) is 5.11 Å². The predicted octanol–water partition coefficient (Wildman–Crippen LogP) is 2.26. The second kappa shape index (κ2) is 4.71. The molecule has 1 heterocycles. The van der Waals surface area contributed by atoms with Crippen molar-refractivity contribution in [3.05, 3.63) is 27.8 Å². The summed E-state index contributed by atoms with van der Waals surface area (Å²) in [6.45, 7) is -0.235. The van der Waals surface area contributed by atoms with Crippen LogP contribution in [0, 0.1) is 10.1 Å². The summed E-state index contributed by atoms with van der Waals surface area (Å²) >= 11 is 1.33. The lowest BCUT2D eigenvalue weighted by Crippen LogP contribution is -2.32. The number of fused-ring (bicyclic) bond motifs is 1. The van der Waals surface area contributed by atoms with Gasteiger partial charge in [0.05, 0.1) is 15.1 Å². The summed E-state index contributed by atoms with van der Waals surface area (Å²) in [5.41, 5.74) is 2.13. The molecule has 1 N–H and O–H groups in total. The summed E-state index contributed by atoms with van der Waals surface area (Å²) in [7, 11) is 0. The third-order valence-electron chi connectivity index (χ3n) is 3.24. The number of carboxylic acid groups (broad SMARTS) is 1. The number of rotatable bonds is 5. The van der Waals surface area contributed by atoms with Crippen LogP contribution in [0.4, 0.5) is 11.4 Å². The molecular weight excluding hydrogens is 282 g/mol. The minimum absolute atomic E-state index is 0.0703. The molecule has 1 aromatic carbocycles. The van der Waals surface area contributed by atoms with Crippen molar-refractivity contribution in [1.29, 1.82) is 0 Å². The van der Waals surface area contributed by atoms with Gasteiger partial charge < -0.3 is 10.0 Å². The fourth-order valence-electron chi connectivity index (χ4n) is 2.26. The van der Waals surface area contributed by atoms with Gasteiger partial charge in [-0.05, 0) is 25.0 Å². The molecule has 0 aliphatic heterocycles. The Kier molecular flexibility index (Phi) is 3.01. The first-order valence-electron chi connectivity index (χ1n) is 6.07. The molecule has 1 saturated carbocycles. The van der Waals surface area contributed by atoms with E-state index in [0.717, 1.165) is 17.5 Å². The van der Waals surface area contributed by atoms with E-state index in [-0.39, 0.29) is 18.3 Å². The summed E-state index contributed by atoms with van der Waals surface area (Å²) in [6.07, 6.45) is 1.72. The third-order valence-corrected chi connectivity index (χ3v) is 4.03. The molecule has 8 heteroatoms. The Morgan fingerprint density at radius 2 is 2.30 bits per heavy atom. The molecule has 0 unspecified atom stereocenters. The van der Waals surface area contributed by atoms with E-state index in [2.05, 4.69) is 4.98 Å². The topological polar surface area (TPSA) is 96.6 Å². The highest BCUT2D eigenvalue weighted by Gasteiger charge is 2.35. The van der Waals surface area contributed by atoms with E-state index < -0.39 is 10.9 Å². The van der Waals surface area contributed by atoms with Crippen LogP contribution in [0.25, 0.3) is 10.2 Å². The highest BCUT2D eigenvalue weighted by Crippen LogP contribution is 2.41. The number of nitro groups is 1. The Balaban J connectivity index is 2.15. The van der Waals surface area contributed by atoms with Crippen LogP contribution in [-0.2, 0) is 4.79 Å². The van der Waals surface area contributed by atoms with Crippen molar-refractivity contribution in [1.82, 2.24) is 4.98 Å². The van der Waals surface area contributed by atoms with Gasteiger partial charge in [0.1, 0.15) is 12.2 Å². The number of nitro benzene ring substituents is 1. The molecule has 0 radical (unpaired) electrons. The van der Waals surface area contributed by atoms with E-state index in [0.29, 0.717) is 11.2 Å². The minimum atomic E-state index is -0.996. The molecule has 7 nitrogen and oxygen atoms in total. The van der Waals surface area contributed by atoms with E-state index in [1.807, 2.05) is 0 Å². The second-order valence-corrected chi connectivity index (χ2v) is 5.53. The third kappa shape index (κ3) is 2.18. The molecule has 1 fully saturated rings. The van der Waals surface area contributed by atoms with Gasteiger partial charge in [0, 0.05) is 6.04 Å². The lowest BCUT2D eigenvalue weighted by molar-refractivity contribution is -0.382. The molecule has 1 aromatic heterocycles. The molecule has 0 saturated heterocycles. The number of benzene rings is 1. The Labute approximate surface area is 117 Å². The lowest BCUT2D eigenvalue weighted by atomic mass is 10.2. The molecule has 0 bridgehead atoms. The SMILES string of the molecule is O=C(O)CN(c1ccc2scnc2c1[N+](=O)[O-])C1CC1. The quantitative estimate of drug-likeness (QED) is 0.671. The van der Waals surface area contributed by atoms with E-state index in [9.17, 15) is 14.9 Å². The van der Waals surface area contributed by atoms with E-state index in [1.54, 1.807) is 22.5 Å². The average molecular weight is 293 g/mol. The van der Waals surface area contributed by atoms with Gasteiger partial charge in [-0.3, -0.25) is 14.9 Å². The largest absolute Gasteiger partial charge is 0.480 e. The van der Waals surface area contributed by atoms with E-state index in [1.165, 1.54) is 11.3 Å².